The Morgan fingerprint density at radius 3 is 2.33 bits per heavy atom. The van der Waals surface area contributed by atoms with Crippen molar-refractivity contribution in [3.05, 3.63) is 23.8 Å². The van der Waals surface area contributed by atoms with Gasteiger partial charge in [-0.15, -0.1) is 0 Å². The molecule has 0 amide bonds. The molecule has 1 N–H and O–H groups in total. The van der Waals surface area contributed by atoms with Crippen LogP contribution in [0, 0.1) is 0 Å². The van der Waals surface area contributed by atoms with Crippen molar-refractivity contribution >= 4 is 0 Å². The van der Waals surface area contributed by atoms with Crippen LogP contribution in [0.5, 0.6) is 11.5 Å². The number of hydrogen-bond donors (Lipinski definition) is 1. The van der Waals surface area contributed by atoms with E-state index in [1.54, 1.807) is 32.4 Å². The van der Waals surface area contributed by atoms with Gasteiger partial charge in [-0.05, 0) is 17.7 Å². The van der Waals surface area contributed by atoms with Gasteiger partial charge in [0.1, 0.15) is 0 Å². The maximum absolute atomic E-state index is 8.82. The molecule has 12 heavy (non-hydrogen) atoms. The standard InChI is InChI=1S/C9H12O3/c1-11-8-4-3-7(6-10)5-9(8)12-2/h3-5,10H,6H2,1-2H3/i7+1. The molecule has 66 valence electrons. The van der Waals surface area contributed by atoms with E-state index in [4.69, 9.17) is 14.6 Å². The largest absolute Gasteiger partial charge is 0.493 e. The Labute approximate surface area is 71.5 Å². The summed E-state index contributed by atoms with van der Waals surface area (Å²) in [4.78, 5) is 0. The fourth-order valence-electron chi connectivity index (χ4n) is 0.979. The van der Waals surface area contributed by atoms with Crippen LogP contribution in [0.25, 0.3) is 0 Å². The van der Waals surface area contributed by atoms with Gasteiger partial charge in [-0.2, -0.15) is 0 Å². The van der Waals surface area contributed by atoms with Crippen molar-refractivity contribution in [3.63, 3.8) is 0 Å². The molecule has 0 radical (unpaired) electrons. The Hall–Kier alpha value is -1.22. The molecule has 0 aliphatic heterocycles. The van der Waals surface area contributed by atoms with E-state index >= 15 is 0 Å². The van der Waals surface area contributed by atoms with E-state index in [1.807, 2.05) is 0 Å². The van der Waals surface area contributed by atoms with Gasteiger partial charge in [0.2, 0.25) is 0 Å². The highest BCUT2D eigenvalue weighted by molar-refractivity contribution is 5.42. The van der Waals surface area contributed by atoms with Crippen molar-refractivity contribution in [2.24, 2.45) is 0 Å². The van der Waals surface area contributed by atoms with Gasteiger partial charge in [-0.25, -0.2) is 0 Å². The summed E-state index contributed by atoms with van der Waals surface area (Å²) < 4.78 is 10.1. The molecule has 0 aromatic heterocycles. The Bertz CT molecular complexity index is 258. The summed E-state index contributed by atoms with van der Waals surface area (Å²) in [5.74, 6) is 1.32. The molecule has 0 atom stereocenters. The molecule has 3 heteroatoms. The summed E-state index contributed by atoms with van der Waals surface area (Å²) in [6.07, 6.45) is 0. The number of benzene rings is 1. The Balaban J connectivity index is 3.02. The van der Waals surface area contributed by atoms with Crippen molar-refractivity contribution in [1.29, 1.82) is 0 Å². The zero-order valence-electron chi connectivity index (χ0n) is 7.20. The first-order valence-corrected chi connectivity index (χ1v) is 3.63. The highest BCUT2D eigenvalue weighted by Crippen LogP contribution is 2.27. The van der Waals surface area contributed by atoms with E-state index in [-0.39, 0.29) is 6.61 Å². The third-order valence-electron chi connectivity index (χ3n) is 1.63. The summed E-state index contributed by atoms with van der Waals surface area (Å²) in [6, 6.07) is 5.31. The van der Waals surface area contributed by atoms with Crippen molar-refractivity contribution < 1.29 is 14.6 Å². The topological polar surface area (TPSA) is 38.7 Å². The van der Waals surface area contributed by atoms with Gasteiger partial charge >= 0.3 is 0 Å². The van der Waals surface area contributed by atoms with E-state index in [1.165, 1.54) is 0 Å². The zero-order chi connectivity index (χ0) is 8.97. The molecular formula is C9H12O3. The first-order chi connectivity index (χ1) is 5.81. The molecule has 0 fully saturated rings. The van der Waals surface area contributed by atoms with Gasteiger partial charge in [-0.1, -0.05) is 6.07 Å². The lowest BCUT2D eigenvalue weighted by atomic mass is 10.3. The Morgan fingerprint density at radius 2 is 1.83 bits per heavy atom. The molecule has 1 aromatic rings. The highest BCUT2D eigenvalue weighted by Gasteiger charge is 2.02. The van der Waals surface area contributed by atoms with Crippen molar-refractivity contribution in [1.82, 2.24) is 0 Å². The number of rotatable bonds is 3. The minimum Gasteiger partial charge on any atom is -0.493 e. The van der Waals surface area contributed by atoms with Gasteiger partial charge < -0.3 is 14.6 Å². The molecule has 0 aliphatic rings. The summed E-state index contributed by atoms with van der Waals surface area (Å²) in [7, 11) is 3.15. The highest BCUT2D eigenvalue weighted by atomic mass is 16.5. The normalized spacial score (nSPS) is 9.58. The summed E-state index contributed by atoms with van der Waals surface area (Å²) in [6.45, 7) is 0.0142. The molecule has 0 aliphatic carbocycles. The third kappa shape index (κ3) is 1.68. The number of aliphatic hydroxyl groups is 1. The average Bonchev–Trinajstić information content (AvgIpc) is 2.16. The smallest absolute Gasteiger partial charge is 0.161 e. The van der Waals surface area contributed by atoms with Crippen LogP contribution in [0.2, 0.25) is 0 Å². The molecule has 0 spiro atoms. The van der Waals surface area contributed by atoms with E-state index in [0.29, 0.717) is 11.5 Å². The molecule has 0 bridgehead atoms. The number of aliphatic hydroxyl groups excluding tert-OH is 1. The van der Waals surface area contributed by atoms with Crippen LogP contribution in [-0.4, -0.2) is 19.3 Å². The van der Waals surface area contributed by atoms with Crippen LogP contribution in [-0.2, 0) is 6.61 Å². The Morgan fingerprint density at radius 1 is 1.17 bits per heavy atom. The molecule has 0 unspecified atom stereocenters. The van der Waals surface area contributed by atoms with Crippen molar-refractivity contribution in [2.45, 2.75) is 6.61 Å². The predicted octanol–water partition coefficient (Wildman–Crippen LogP) is 1.20. The van der Waals surface area contributed by atoms with Crippen LogP contribution in [0.3, 0.4) is 0 Å². The van der Waals surface area contributed by atoms with E-state index < -0.39 is 0 Å². The van der Waals surface area contributed by atoms with Gasteiger partial charge in [0.15, 0.2) is 11.5 Å². The van der Waals surface area contributed by atoms with E-state index in [0.717, 1.165) is 5.56 Å². The first kappa shape index (κ1) is 8.87. The summed E-state index contributed by atoms with van der Waals surface area (Å²) >= 11 is 0. The van der Waals surface area contributed by atoms with Crippen molar-refractivity contribution in [3.8, 4) is 11.5 Å². The number of ether oxygens (including phenoxy) is 2. The maximum Gasteiger partial charge on any atom is 0.161 e. The second-order valence-electron chi connectivity index (χ2n) is 2.35. The predicted molar refractivity (Wildman–Crippen MR) is 45.5 cm³/mol. The molecule has 1 aromatic carbocycles. The van der Waals surface area contributed by atoms with Crippen LogP contribution in [0.1, 0.15) is 5.56 Å². The van der Waals surface area contributed by atoms with Gasteiger partial charge in [-0.3, -0.25) is 0 Å². The molecular weight excluding hydrogens is 157 g/mol. The van der Waals surface area contributed by atoms with Crippen LogP contribution >= 0.6 is 0 Å². The maximum atomic E-state index is 8.82. The second kappa shape index (κ2) is 3.97. The number of hydrogen-bond acceptors (Lipinski definition) is 3. The molecule has 3 nitrogen and oxygen atoms in total. The average molecular weight is 169 g/mol. The van der Waals surface area contributed by atoms with E-state index in [2.05, 4.69) is 0 Å². The summed E-state index contributed by atoms with van der Waals surface area (Å²) in [5.41, 5.74) is 0.813. The minimum atomic E-state index is 0.0142. The minimum absolute atomic E-state index is 0.0142. The fraction of sp³-hybridized carbons (Fsp3) is 0.333. The lowest BCUT2D eigenvalue weighted by molar-refractivity contribution is 0.280. The molecule has 0 heterocycles. The zero-order valence-corrected chi connectivity index (χ0v) is 7.20. The monoisotopic (exact) mass is 169 g/mol. The lowest BCUT2D eigenvalue weighted by Crippen LogP contribution is -1.92. The summed E-state index contributed by atoms with van der Waals surface area (Å²) in [5, 5.41) is 8.82. The van der Waals surface area contributed by atoms with Gasteiger partial charge in [0.25, 0.3) is 0 Å². The van der Waals surface area contributed by atoms with Crippen LogP contribution < -0.4 is 9.47 Å². The Kier molecular flexibility index (Phi) is 2.94. The second-order valence-corrected chi connectivity index (χ2v) is 2.35. The van der Waals surface area contributed by atoms with Crippen LogP contribution in [0.15, 0.2) is 18.2 Å². The fourth-order valence-corrected chi connectivity index (χ4v) is 0.979. The molecule has 0 saturated heterocycles. The number of methoxy groups -OCH3 is 2. The molecule has 0 saturated carbocycles. The molecule has 1 rings (SSSR count). The SMILES string of the molecule is COc1cc[13c](CO)cc1OC. The third-order valence-corrected chi connectivity index (χ3v) is 1.63. The van der Waals surface area contributed by atoms with E-state index in [9.17, 15) is 0 Å². The first-order valence-electron chi connectivity index (χ1n) is 3.63. The quantitative estimate of drug-likeness (QED) is 0.738. The van der Waals surface area contributed by atoms with Crippen molar-refractivity contribution in [2.75, 3.05) is 14.2 Å². The lowest BCUT2D eigenvalue weighted by Gasteiger charge is -2.07. The van der Waals surface area contributed by atoms with Crippen LogP contribution in [0.4, 0.5) is 0 Å². The van der Waals surface area contributed by atoms with Gasteiger partial charge in [0.05, 0.1) is 20.8 Å². The van der Waals surface area contributed by atoms with Gasteiger partial charge in [0, 0.05) is 0 Å².